The lowest BCUT2D eigenvalue weighted by Crippen LogP contribution is -2.54. The Kier molecular flexibility index (Phi) is 4.96. The van der Waals surface area contributed by atoms with E-state index in [0.29, 0.717) is 31.0 Å². The molecular formula is C21H30F2N6O2. The maximum atomic E-state index is 14.2. The Bertz CT molecular complexity index is 966. The molecule has 3 aliphatic heterocycles. The molecule has 5 atom stereocenters. The molecule has 1 unspecified atom stereocenters. The third-order valence-electron chi connectivity index (χ3n) is 6.97. The Hall–Kier alpha value is -1.88. The zero-order chi connectivity index (χ0) is 22.0. The second-order valence-corrected chi connectivity index (χ2v) is 9.71. The van der Waals surface area contributed by atoms with Gasteiger partial charge in [0, 0.05) is 37.7 Å². The zero-order valence-electron chi connectivity index (χ0n) is 17.9. The number of piperidine rings is 1. The normalized spacial score (nSPS) is 34.9. The molecule has 0 bridgehead atoms. The second kappa shape index (κ2) is 7.33. The van der Waals surface area contributed by atoms with Crippen LogP contribution in [-0.2, 0) is 9.47 Å². The second-order valence-electron chi connectivity index (χ2n) is 9.71. The van der Waals surface area contributed by atoms with Crippen molar-refractivity contribution < 1.29 is 18.3 Å². The number of rotatable bonds is 4. The van der Waals surface area contributed by atoms with Gasteiger partial charge in [0.05, 0.1) is 23.6 Å². The summed E-state index contributed by atoms with van der Waals surface area (Å²) in [5.74, 6) is -2.20. The molecule has 5 rings (SSSR count). The minimum Gasteiger partial charge on any atom is -0.383 e. The highest BCUT2D eigenvalue weighted by Crippen LogP contribution is 2.49. The number of anilines is 1. The van der Waals surface area contributed by atoms with Crippen molar-refractivity contribution in [3.05, 3.63) is 18.6 Å². The predicted octanol–water partition coefficient (Wildman–Crippen LogP) is 2.15. The molecule has 8 nitrogen and oxygen atoms in total. The third kappa shape index (κ3) is 3.69. The molecule has 2 aromatic rings. The van der Waals surface area contributed by atoms with Crippen LogP contribution in [0.4, 0.5) is 14.6 Å². The van der Waals surface area contributed by atoms with Crippen molar-refractivity contribution in [3.8, 4) is 0 Å². The van der Waals surface area contributed by atoms with E-state index < -0.39 is 12.2 Å². The summed E-state index contributed by atoms with van der Waals surface area (Å²) in [7, 11) is 0. The van der Waals surface area contributed by atoms with E-state index in [2.05, 4.69) is 23.8 Å². The fourth-order valence-electron chi connectivity index (χ4n) is 5.53. The van der Waals surface area contributed by atoms with Gasteiger partial charge < -0.3 is 25.5 Å². The number of likely N-dealkylation sites (tertiary alicyclic amines) is 1. The molecule has 0 aromatic carbocycles. The molecule has 3 saturated heterocycles. The molecule has 2 aromatic heterocycles. The first-order chi connectivity index (χ1) is 14.7. The highest BCUT2D eigenvalue weighted by molar-refractivity contribution is 5.86. The van der Waals surface area contributed by atoms with Crippen molar-refractivity contribution in [3.63, 3.8) is 0 Å². The van der Waals surface area contributed by atoms with E-state index in [4.69, 9.17) is 20.9 Å². The van der Waals surface area contributed by atoms with Gasteiger partial charge in [0.15, 0.2) is 6.23 Å². The van der Waals surface area contributed by atoms with Gasteiger partial charge in [-0.1, -0.05) is 0 Å². The van der Waals surface area contributed by atoms with Gasteiger partial charge in [-0.2, -0.15) is 0 Å². The lowest BCUT2D eigenvalue weighted by molar-refractivity contribution is -0.119. The van der Waals surface area contributed by atoms with Crippen molar-refractivity contribution in [2.24, 2.45) is 11.7 Å². The van der Waals surface area contributed by atoms with Crippen LogP contribution in [-0.4, -0.2) is 68.8 Å². The Morgan fingerprint density at radius 3 is 2.87 bits per heavy atom. The Labute approximate surface area is 179 Å². The van der Waals surface area contributed by atoms with E-state index in [9.17, 15) is 8.78 Å². The summed E-state index contributed by atoms with van der Waals surface area (Å²) >= 11 is 0. The molecule has 0 aliphatic carbocycles. The van der Waals surface area contributed by atoms with Gasteiger partial charge >= 0.3 is 0 Å². The Balaban J connectivity index is 1.45. The number of aromatic nitrogens is 3. The minimum atomic E-state index is -2.69. The number of nitrogens with two attached hydrogens (primary N) is 2. The summed E-state index contributed by atoms with van der Waals surface area (Å²) in [6.07, 6.45) is 3.54. The summed E-state index contributed by atoms with van der Waals surface area (Å²) in [5, 5.41) is 0.752. The minimum absolute atomic E-state index is 0.0593. The van der Waals surface area contributed by atoms with E-state index in [1.165, 1.54) is 6.33 Å². The van der Waals surface area contributed by atoms with Crippen LogP contribution in [0.25, 0.3) is 11.0 Å². The number of fused-ring (bicyclic) bond motifs is 2. The molecule has 4 N–H and O–H groups in total. The van der Waals surface area contributed by atoms with Crippen LogP contribution in [0.2, 0.25) is 0 Å². The molecule has 3 fully saturated rings. The van der Waals surface area contributed by atoms with E-state index >= 15 is 0 Å². The highest BCUT2D eigenvalue weighted by Gasteiger charge is 2.55. The lowest BCUT2D eigenvalue weighted by atomic mass is 9.89. The number of hydrogen-bond acceptors (Lipinski definition) is 7. The van der Waals surface area contributed by atoms with E-state index in [1.54, 1.807) is 0 Å². The molecule has 0 amide bonds. The van der Waals surface area contributed by atoms with Crippen LogP contribution in [0, 0.1) is 5.92 Å². The molecule has 10 heteroatoms. The number of nitrogens with zero attached hydrogens (tertiary/aromatic N) is 4. The fourth-order valence-corrected chi connectivity index (χ4v) is 5.53. The number of nitrogen functional groups attached to an aromatic ring is 1. The molecule has 3 aliphatic rings. The molecule has 170 valence electrons. The largest absolute Gasteiger partial charge is 0.383 e. The van der Waals surface area contributed by atoms with Crippen LogP contribution in [0.1, 0.15) is 39.3 Å². The average molecular weight is 437 g/mol. The van der Waals surface area contributed by atoms with Gasteiger partial charge in [-0.3, -0.25) is 4.90 Å². The lowest BCUT2D eigenvalue weighted by Gasteiger charge is -2.40. The van der Waals surface area contributed by atoms with Crippen molar-refractivity contribution in [1.29, 1.82) is 0 Å². The summed E-state index contributed by atoms with van der Waals surface area (Å²) in [5.41, 5.74) is 12.3. The van der Waals surface area contributed by atoms with E-state index in [1.807, 2.05) is 21.7 Å². The van der Waals surface area contributed by atoms with Crippen molar-refractivity contribution in [2.75, 3.05) is 25.4 Å². The first-order valence-corrected chi connectivity index (χ1v) is 10.9. The zero-order valence-corrected chi connectivity index (χ0v) is 17.9. The SMILES string of the molecule is CC1(C)C[C@H]2[C@@H](O1)[C@H](n1ccc3c(N)ncnc31)O[C@@H]2CN1CC(F)(F)CCC1CN. The van der Waals surface area contributed by atoms with Crippen molar-refractivity contribution in [1.82, 2.24) is 19.4 Å². The van der Waals surface area contributed by atoms with Crippen LogP contribution < -0.4 is 11.5 Å². The summed E-state index contributed by atoms with van der Waals surface area (Å²) in [4.78, 5) is 10.3. The molecule has 31 heavy (non-hydrogen) atoms. The van der Waals surface area contributed by atoms with Crippen LogP contribution in [0.5, 0.6) is 0 Å². The van der Waals surface area contributed by atoms with Crippen LogP contribution in [0.15, 0.2) is 18.6 Å². The van der Waals surface area contributed by atoms with Crippen LogP contribution in [0.3, 0.4) is 0 Å². The van der Waals surface area contributed by atoms with Crippen molar-refractivity contribution >= 4 is 16.9 Å². The Morgan fingerprint density at radius 2 is 2.10 bits per heavy atom. The monoisotopic (exact) mass is 436 g/mol. The third-order valence-corrected chi connectivity index (χ3v) is 6.97. The van der Waals surface area contributed by atoms with Gasteiger partial charge in [0.1, 0.15) is 23.9 Å². The maximum Gasteiger partial charge on any atom is 0.260 e. The molecule has 0 radical (unpaired) electrons. The first-order valence-electron chi connectivity index (χ1n) is 10.9. The van der Waals surface area contributed by atoms with Gasteiger partial charge in [0.2, 0.25) is 0 Å². The quantitative estimate of drug-likeness (QED) is 0.757. The smallest absolute Gasteiger partial charge is 0.260 e. The van der Waals surface area contributed by atoms with Gasteiger partial charge in [-0.15, -0.1) is 0 Å². The first kappa shape index (κ1) is 21.0. The van der Waals surface area contributed by atoms with Gasteiger partial charge in [-0.25, -0.2) is 18.7 Å². The molecule has 5 heterocycles. The molecular weight excluding hydrogens is 406 g/mol. The number of hydrogen-bond donors (Lipinski definition) is 2. The topological polar surface area (TPSA) is 104 Å². The number of halogens is 2. The standard InChI is InChI=1S/C21H30F2N6O2/c1-20(2)7-14-15(9-28-10-21(22,23)5-3-12(28)8-24)30-19(16(14)31-20)29-6-4-13-17(25)26-11-27-18(13)29/h4,6,11-12,14-16,19H,3,5,7-10,24H2,1-2H3,(H2,25,26,27)/t12?,14-,15-,16-,19-/m1/s1. The molecule has 0 saturated carbocycles. The van der Waals surface area contributed by atoms with E-state index in [-0.39, 0.29) is 42.7 Å². The molecule has 0 spiro atoms. The summed E-state index contributed by atoms with van der Waals surface area (Å²) in [6.45, 7) is 4.61. The fraction of sp³-hybridized carbons (Fsp3) is 0.714. The summed E-state index contributed by atoms with van der Waals surface area (Å²) < 4.78 is 43.1. The predicted molar refractivity (Wildman–Crippen MR) is 112 cm³/mol. The van der Waals surface area contributed by atoms with Gasteiger partial charge in [-0.05, 0) is 32.8 Å². The van der Waals surface area contributed by atoms with Gasteiger partial charge in [0.25, 0.3) is 5.92 Å². The highest BCUT2D eigenvalue weighted by atomic mass is 19.3. The Morgan fingerprint density at radius 1 is 1.29 bits per heavy atom. The maximum absolute atomic E-state index is 14.2. The summed E-state index contributed by atoms with van der Waals surface area (Å²) in [6, 6.07) is 1.81. The van der Waals surface area contributed by atoms with Crippen molar-refractivity contribution in [2.45, 2.75) is 69.1 Å². The average Bonchev–Trinajstić information content (AvgIpc) is 3.34. The number of alkyl halides is 2. The van der Waals surface area contributed by atoms with Crippen LogP contribution >= 0.6 is 0 Å². The van der Waals surface area contributed by atoms with E-state index in [0.717, 1.165) is 11.8 Å². The number of ether oxygens (including phenoxy) is 2.